The van der Waals surface area contributed by atoms with Gasteiger partial charge in [-0.15, -0.1) is 0 Å². The van der Waals surface area contributed by atoms with Crippen molar-refractivity contribution >= 4 is 28.8 Å². The van der Waals surface area contributed by atoms with Crippen molar-refractivity contribution in [3.05, 3.63) is 47.1 Å². The van der Waals surface area contributed by atoms with Crippen LogP contribution in [0.25, 0.3) is 0 Å². The van der Waals surface area contributed by atoms with Crippen LogP contribution >= 0.6 is 11.6 Å². The summed E-state index contributed by atoms with van der Waals surface area (Å²) in [5.74, 6) is 0.459. The lowest BCUT2D eigenvalue weighted by Gasteiger charge is -2.31. The van der Waals surface area contributed by atoms with Crippen molar-refractivity contribution in [1.82, 2.24) is 4.98 Å². The quantitative estimate of drug-likeness (QED) is 0.798. The van der Waals surface area contributed by atoms with Gasteiger partial charge in [0.05, 0.1) is 0 Å². The van der Waals surface area contributed by atoms with E-state index in [1.54, 1.807) is 0 Å². The largest absolute Gasteiger partial charge is 0.384 e. The molecular weight excluding hydrogens is 246 g/mol. The Morgan fingerprint density at radius 2 is 2.06 bits per heavy atom. The summed E-state index contributed by atoms with van der Waals surface area (Å²) in [5, 5.41) is 0.438. The average Bonchev–Trinajstić information content (AvgIpc) is 2.37. The van der Waals surface area contributed by atoms with E-state index in [-0.39, 0.29) is 0 Å². The van der Waals surface area contributed by atoms with Gasteiger partial charge < -0.3 is 10.6 Å². The maximum Gasteiger partial charge on any atom is 0.133 e. The number of nitrogen functional groups attached to an aromatic ring is 1. The summed E-state index contributed by atoms with van der Waals surface area (Å²) in [6.07, 6.45) is 2.26. The third-order valence-electron chi connectivity index (χ3n) is 3.22. The fraction of sp³-hybridized carbons (Fsp3) is 0.214. The van der Waals surface area contributed by atoms with Gasteiger partial charge in [-0.3, -0.25) is 0 Å². The van der Waals surface area contributed by atoms with Gasteiger partial charge in [0.15, 0.2) is 0 Å². The molecule has 0 saturated carbocycles. The number of hydrogen-bond donors (Lipinski definition) is 1. The van der Waals surface area contributed by atoms with Crippen LogP contribution in [0.1, 0.15) is 12.0 Å². The number of hydrogen-bond acceptors (Lipinski definition) is 3. The summed E-state index contributed by atoms with van der Waals surface area (Å²) < 4.78 is 0. The first-order valence-corrected chi connectivity index (χ1v) is 6.40. The fourth-order valence-electron chi connectivity index (χ4n) is 2.46. The zero-order valence-corrected chi connectivity index (χ0v) is 10.7. The second-order valence-corrected chi connectivity index (χ2v) is 4.84. The van der Waals surface area contributed by atoms with Crippen LogP contribution in [0.3, 0.4) is 0 Å². The number of aryl methyl sites for hydroxylation is 1. The molecule has 2 heterocycles. The van der Waals surface area contributed by atoms with E-state index in [2.05, 4.69) is 34.1 Å². The molecule has 1 aliphatic heterocycles. The minimum absolute atomic E-state index is 0.438. The Labute approximate surface area is 111 Å². The van der Waals surface area contributed by atoms with Crippen molar-refractivity contribution in [2.45, 2.75) is 12.8 Å². The van der Waals surface area contributed by atoms with Crippen LogP contribution in [-0.4, -0.2) is 11.5 Å². The van der Waals surface area contributed by atoms with E-state index in [0.717, 1.165) is 25.1 Å². The third-order valence-corrected chi connectivity index (χ3v) is 3.41. The van der Waals surface area contributed by atoms with Crippen molar-refractivity contribution in [2.24, 2.45) is 0 Å². The molecule has 3 rings (SSSR count). The molecule has 0 amide bonds. The molecule has 0 spiro atoms. The minimum Gasteiger partial charge on any atom is -0.384 e. The van der Waals surface area contributed by atoms with E-state index in [9.17, 15) is 0 Å². The first-order valence-electron chi connectivity index (χ1n) is 6.02. The molecule has 0 saturated heterocycles. The highest BCUT2D eigenvalue weighted by atomic mass is 35.5. The molecule has 2 N–H and O–H groups in total. The second-order valence-electron chi connectivity index (χ2n) is 4.46. The van der Waals surface area contributed by atoms with Crippen molar-refractivity contribution in [2.75, 3.05) is 17.2 Å². The molecule has 18 heavy (non-hydrogen) atoms. The van der Waals surface area contributed by atoms with Gasteiger partial charge in [0, 0.05) is 24.0 Å². The Hall–Kier alpha value is -1.74. The SMILES string of the molecule is Nc1cc(N2CCCc3ccccc32)cc(Cl)n1. The van der Waals surface area contributed by atoms with Crippen molar-refractivity contribution in [3.8, 4) is 0 Å². The van der Waals surface area contributed by atoms with Gasteiger partial charge in [-0.25, -0.2) is 4.98 Å². The number of pyridine rings is 1. The van der Waals surface area contributed by atoms with Gasteiger partial charge in [0.2, 0.25) is 0 Å². The van der Waals surface area contributed by atoms with Crippen molar-refractivity contribution in [1.29, 1.82) is 0 Å². The summed E-state index contributed by atoms with van der Waals surface area (Å²) in [6.45, 7) is 0.983. The molecule has 1 aromatic heterocycles. The van der Waals surface area contributed by atoms with Crippen LogP contribution in [0, 0.1) is 0 Å². The summed E-state index contributed by atoms with van der Waals surface area (Å²) in [5.41, 5.74) is 9.39. The number of nitrogens with two attached hydrogens (primary N) is 1. The number of rotatable bonds is 1. The topological polar surface area (TPSA) is 42.1 Å². The van der Waals surface area contributed by atoms with Crippen molar-refractivity contribution < 1.29 is 0 Å². The first kappa shape index (κ1) is 11.4. The van der Waals surface area contributed by atoms with Crippen LogP contribution in [0.15, 0.2) is 36.4 Å². The first-order chi connectivity index (χ1) is 8.74. The van der Waals surface area contributed by atoms with E-state index in [1.807, 2.05) is 12.1 Å². The summed E-state index contributed by atoms with van der Waals surface area (Å²) in [7, 11) is 0. The van der Waals surface area contributed by atoms with E-state index in [1.165, 1.54) is 11.3 Å². The number of nitrogens with zero attached hydrogens (tertiary/aromatic N) is 2. The summed E-state index contributed by atoms with van der Waals surface area (Å²) in [4.78, 5) is 6.25. The van der Waals surface area contributed by atoms with Gasteiger partial charge in [-0.1, -0.05) is 29.8 Å². The fourth-order valence-corrected chi connectivity index (χ4v) is 2.67. The number of benzene rings is 1. The van der Waals surface area contributed by atoms with E-state index in [0.29, 0.717) is 11.0 Å². The van der Waals surface area contributed by atoms with Crippen LogP contribution < -0.4 is 10.6 Å². The molecule has 92 valence electrons. The second kappa shape index (κ2) is 4.50. The van der Waals surface area contributed by atoms with Crippen LogP contribution in [0.5, 0.6) is 0 Å². The Morgan fingerprint density at radius 3 is 2.89 bits per heavy atom. The summed E-state index contributed by atoms with van der Waals surface area (Å²) >= 11 is 5.98. The van der Waals surface area contributed by atoms with E-state index < -0.39 is 0 Å². The molecule has 0 radical (unpaired) electrons. The smallest absolute Gasteiger partial charge is 0.133 e. The highest BCUT2D eigenvalue weighted by Crippen LogP contribution is 2.34. The average molecular weight is 260 g/mol. The molecule has 1 aromatic carbocycles. The Bertz CT molecular complexity index is 563. The number of halogens is 1. The van der Waals surface area contributed by atoms with Gasteiger partial charge in [-0.2, -0.15) is 0 Å². The minimum atomic E-state index is 0.438. The maximum absolute atomic E-state index is 5.98. The summed E-state index contributed by atoms with van der Waals surface area (Å²) in [6, 6.07) is 12.2. The maximum atomic E-state index is 5.98. The predicted octanol–water partition coefficient (Wildman–Crippen LogP) is 3.40. The number of para-hydroxylation sites is 1. The number of anilines is 3. The molecule has 0 bridgehead atoms. The molecule has 0 unspecified atom stereocenters. The third kappa shape index (κ3) is 2.02. The Morgan fingerprint density at radius 1 is 1.22 bits per heavy atom. The van der Waals surface area contributed by atoms with Crippen LogP contribution in [-0.2, 0) is 6.42 Å². The Balaban J connectivity index is 2.08. The molecule has 0 aliphatic carbocycles. The standard InChI is InChI=1S/C14H14ClN3/c15-13-8-11(9-14(16)17-13)18-7-3-5-10-4-1-2-6-12(10)18/h1-2,4,6,8-9H,3,5,7H2,(H2,16,17). The highest BCUT2D eigenvalue weighted by Gasteiger charge is 2.18. The van der Waals surface area contributed by atoms with Gasteiger partial charge in [0.1, 0.15) is 11.0 Å². The number of aromatic nitrogens is 1. The molecule has 4 heteroatoms. The van der Waals surface area contributed by atoms with Crippen LogP contribution in [0.4, 0.5) is 17.2 Å². The van der Waals surface area contributed by atoms with Crippen LogP contribution in [0.2, 0.25) is 5.15 Å². The molecule has 0 atom stereocenters. The van der Waals surface area contributed by atoms with Gasteiger partial charge in [-0.05, 0) is 30.5 Å². The molecule has 0 fully saturated rings. The zero-order chi connectivity index (χ0) is 12.5. The Kier molecular flexibility index (Phi) is 2.84. The lowest BCUT2D eigenvalue weighted by atomic mass is 10.0. The molecular formula is C14H14ClN3. The van der Waals surface area contributed by atoms with E-state index in [4.69, 9.17) is 17.3 Å². The van der Waals surface area contributed by atoms with Crippen molar-refractivity contribution in [3.63, 3.8) is 0 Å². The molecule has 1 aliphatic rings. The van der Waals surface area contributed by atoms with E-state index >= 15 is 0 Å². The van der Waals surface area contributed by atoms with Gasteiger partial charge in [0.25, 0.3) is 0 Å². The number of fused-ring (bicyclic) bond motifs is 1. The zero-order valence-electron chi connectivity index (χ0n) is 9.94. The molecule has 2 aromatic rings. The lowest BCUT2D eigenvalue weighted by Crippen LogP contribution is -2.24. The monoisotopic (exact) mass is 259 g/mol. The lowest BCUT2D eigenvalue weighted by molar-refractivity contribution is 0.766. The predicted molar refractivity (Wildman–Crippen MR) is 75.4 cm³/mol. The normalized spacial score (nSPS) is 14.4. The van der Waals surface area contributed by atoms with Gasteiger partial charge >= 0.3 is 0 Å². The highest BCUT2D eigenvalue weighted by molar-refractivity contribution is 6.29. The molecule has 3 nitrogen and oxygen atoms in total.